The highest BCUT2D eigenvalue weighted by Crippen LogP contribution is 2.30. The van der Waals surface area contributed by atoms with Gasteiger partial charge in [0, 0.05) is 36.9 Å². The molecule has 1 saturated heterocycles. The number of nitrogens with zero attached hydrogens (tertiary/aromatic N) is 3. The second kappa shape index (κ2) is 7.35. The van der Waals surface area contributed by atoms with Crippen LogP contribution in [-0.4, -0.2) is 62.2 Å². The third kappa shape index (κ3) is 3.47. The maximum Gasteiger partial charge on any atom is 0.269 e. The van der Waals surface area contributed by atoms with Crippen LogP contribution >= 0.6 is 11.6 Å². The predicted molar refractivity (Wildman–Crippen MR) is 110 cm³/mol. The highest BCUT2D eigenvalue weighted by atomic mass is 35.5. The number of carbonyl (C=O) groups excluding carboxylic acids is 2. The van der Waals surface area contributed by atoms with Crippen LogP contribution in [0.3, 0.4) is 0 Å². The summed E-state index contributed by atoms with van der Waals surface area (Å²) >= 11 is 6.10. The summed E-state index contributed by atoms with van der Waals surface area (Å²) in [6.07, 6.45) is 0. The number of amides is 2. The number of piperazine rings is 1. The average Bonchev–Trinajstić information content (AvgIpc) is 2.91. The molecule has 0 aromatic heterocycles. The van der Waals surface area contributed by atoms with E-state index in [0.717, 1.165) is 11.3 Å². The van der Waals surface area contributed by atoms with Crippen molar-refractivity contribution in [2.24, 2.45) is 0 Å². The molecule has 0 spiro atoms. The molecule has 4 rings (SSSR count). The molecule has 0 bridgehead atoms. The molecule has 9 heteroatoms. The molecule has 2 aliphatic heterocycles. The molecule has 2 aromatic carbocycles. The van der Waals surface area contributed by atoms with Crippen LogP contribution in [0.2, 0.25) is 5.02 Å². The summed E-state index contributed by atoms with van der Waals surface area (Å²) in [6.45, 7) is 3.62. The summed E-state index contributed by atoms with van der Waals surface area (Å²) in [7, 11) is -3.98. The third-order valence-electron chi connectivity index (χ3n) is 5.34. The zero-order chi connectivity index (χ0) is 20.8. The summed E-state index contributed by atoms with van der Waals surface area (Å²) in [5.41, 5.74) is 2.24. The fourth-order valence-corrected chi connectivity index (χ4v) is 5.41. The Balaban J connectivity index is 1.44. The lowest BCUT2D eigenvalue weighted by atomic mass is 10.1. The van der Waals surface area contributed by atoms with Gasteiger partial charge in [-0.2, -0.15) is 0 Å². The minimum atomic E-state index is -3.98. The molecule has 152 valence electrons. The number of fused-ring (bicyclic) bond motifs is 1. The van der Waals surface area contributed by atoms with E-state index in [-0.39, 0.29) is 16.4 Å². The van der Waals surface area contributed by atoms with E-state index >= 15 is 0 Å². The maximum absolute atomic E-state index is 12.7. The van der Waals surface area contributed by atoms with Crippen molar-refractivity contribution < 1.29 is 18.0 Å². The highest BCUT2D eigenvalue weighted by molar-refractivity contribution is 7.90. The van der Waals surface area contributed by atoms with Gasteiger partial charge in [0.25, 0.3) is 15.9 Å². The highest BCUT2D eigenvalue weighted by Gasteiger charge is 2.42. The first-order valence-corrected chi connectivity index (χ1v) is 11.1. The molecular formula is C20H20ClN3O4S. The molecule has 0 unspecified atom stereocenters. The van der Waals surface area contributed by atoms with E-state index in [1.807, 2.05) is 25.1 Å². The number of anilines is 1. The zero-order valence-corrected chi connectivity index (χ0v) is 17.4. The molecule has 2 heterocycles. The lowest BCUT2D eigenvalue weighted by Gasteiger charge is -2.37. The van der Waals surface area contributed by atoms with E-state index < -0.39 is 22.5 Å². The van der Waals surface area contributed by atoms with E-state index in [4.69, 9.17) is 11.6 Å². The van der Waals surface area contributed by atoms with Crippen LogP contribution in [0.1, 0.15) is 15.9 Å². The number of rotatable bonds is 3. The molecule has 29 heavy (non-hydrogen) atoms. The quantitative estimate of drug-likeness (QED) is 0.741. The maximum atomic E-state index is 12.7. The van der Waals surface area contributed by atoms with E-state index in [9.17, 15) is 18.0 Å². The van der Waals surface area contributed by atoms with Gasteiger partial charge in [0.05, 0.1) is 5.56 Å². The number of halogens is 1. The Morgan fingerprint density at radius 3 is 2.45 bits per heavy atom. The topological polar surface area (TPSA) is 78.0 Å². The Bertz CT molecular complexity index is 1090. The minimum Gasteiger partial charge on any atom is -0.368 e. The second-order valence-corrected chi connectivity index (χ2v) is 9.38. The number of hydrogen-bond acceptors (Lipinski definition) is 5. The van der Waals surface area contributed by atoms with Gasteiger partial charge in [-0.15, -0.1) is 0 Å². The van der Waals surface area contributed by atoms with Gasteiger partial charge in [-0.1, -0.05) is 29.8 Å². The van der Waals surface area contributed by atoms with Gasteiger partial charge in [0.2, 0.25) is 5.91 Å². The first-order chi connectivity index (χ1) is 13.8. The predicted octanol–water partition coefficient (Wildman–Crippen LogP) is 2.14. The fourth-order valence-electron chi connectivity index (χ4n) is 3.73. The Labute approximate surface area is 174 Å². The van der Waals surface area contributed by atoms with Gasteiger partial charge in [-0.05, 0) is 36.8 Å². The third-order valence-corrected chi connectivity index (χ3v) is 7.36. The van der Waals surface area contributed by atoms with Crippen molar-refractivity contribution in [2.75, 3.05) is 37.6 Å². The Kier molecular flexibility index (Phi) is 5.00. The van der Waals surface area contributed by atoms with Crippen LogP contribution < -0.4 is 4.90 Å². The molecule has 0 aliphatic carbocycles. The number of benzene rings is 2. The van der Waals surface area contributed by atoms with E-state index in [2.05, 4.69) is 4.90 Å². The Morgan fingerprint density at radius 2 is 1.76 bits per heavy atom. The first kappa shape index (κ1) is 19.7. The van der Waals surface area contributed by atoms with E-state index in [0.29, 0.717) is 35.5 Å². The fraction of sp³-hybridized carbons (Fsp3) is 0.300. The second-order valence-electron chi connectivity index (χ2n) is 7.11. The van der Waals surface area contributed by atoms with Crippen LogP contribution in [0.4, 0.5) is 5.69 Å². The van der Waals surface area contributed by atoms with Crippen molar-refractivity contribution in [3.05, 3.63) is 58.6 Å². The molecule has 1 fully saturated rings. The summed E-state index contributed by atoms with van der Waals surface area (Å²) in [6, 6.07) is 11.7. The zero-order valence-electron chi connectivity index (χ0n) is 15.8. The first-order valence-electron chi connectivity index (χ1n) is 9.24. The number of hydrogen-bond donors (Lipinski definition) is 0. The van der Waals surface area contributed by atoms with Gasteiger partial charge in [0.15, 0.2) is 0 Å². The van der Waals surface area contributed by atoms with Crippen molar-refractivity contribution >= 4 is 39.1 Å². The van der Waals surface area contributed by atoms with Crippen molar-refractivity contribution in [2.45, 2.75) is 11.8 Å². The van der Waals surface area contributed by atoms with Crippen LogP contribution in [0.25, 0.3) is 0 Å². The lowest BCUT2D eigenvalue weighted by Crippen LogP contribution is -2.52. The normalized spacial score (nSPS) is 18.1. The number of carbonyl (C=O) groups is 2. The van der Waals surface area contributed by atoms with Crippen molar-refractivity contribution in [1.82, 2.24) is 9.21 Å². The average molecular weight is 434 g/mol. The molecule has 2 amide bonds. The number of sulfonamides is 1. The molecule has 2 aliphatic rings. The Morgan fingerprint density at radius 1 is 1.07 bits per heavy atom. The molecule has 0 saturated carbocycles. The van der Waals surface area contributed by atoms with Gasteiger partial charge < -0.3 is 9.80 Å². The molecule has 0 radical (unpaired) electrons. The SMILES string of the molecule is Cc1ccc(Cl)cc1N1CCN(C(=O)CN2C(=O)c3ccccc3S2(=O)=O)CC1. The van der Waals surface area contributed by atoms with Crippen molar-refractivity contribution in [3.8, 4) is 0 Å². The minimum absolute atomic E-state index is 0.0425. The van der Waals surface area contributed by atoms with Gasteiger partial charge >= 0.3 is 0 Å². The smallest absolute Gasteiger partial charge is 0.269 e. The molecule has 0 N–H and O–H groups in total. The van der Waals surface area contributed by atoms with Crippen molar-refractivity contribution in [1.29, 1.82) is 0 Å². The van der Waals surface area contributed by atoms with Gasteiger partial charge in [-0.25, -0.2) is 12.7 Å². The van der Waals surface area contributed by atoms with Gasteiger partial charge in [-0.3, -0.25) is 9.59 Å². The standard InChI is InChI=1S/C20H20ClN3O4S/c1-14-6-7-15(21)12-17(14)22-8-10-23(11-9-22)19(25)13-24-20(26)16-4-2-3-5-18(16)29(24,27)28/h2-7,12H,8-11,13H2,1H3. The number of aryl methyl sites for hydroxylation is 1. The summed E-state index contributed by atoms with van der Waals surface area (Å²) < 4.78 is 25.9. The van der Waals surface area contributed by atoms with Crippen LogP contribution in [0.5, 0.6) is 0 Å². The largest absolute Gasteiger partial charge is 0.368 e. The molecule has 7 nitrogen and oxygen atoms in total. The molecular weight excluding hydrogens is 414 g/mol. The van der Waals surface area contributed by atoms with Crippen LogP contribution in [0, 0.1) is 6.92 Å². The van der Waals surface area contributed by atoms with Crippen molar-refractivity contribution in [3.63, 3.8) is 0 Å². The molecule has 2 aromatic rings. The van der Waals surface area contributed by atoms with Gasteiger partial charge in [0.1, 0.15) is 11.4 Å². The van der Waals surface area contributed by atoms with E-state index in [1.54, 1.807) is 17.0 Å². The molecule has 0 atom stereocenters. The monoisotopic (exact) mass is 433 g/mol. The summed E-state index contributed by atoms with van der Waals surface area (Å²) in [5.74, 6) is -1.03. The Hall–Kier alpha value is -2.58. The summed E-state index contributed by atoms with van der Waals surface area (Å²) in [5, 5.41) is 0.654. The lowest BCUT2D eigenvalue weighted by molar-refractivity contribution is -0.131. The summed E-state index contributed by atoms with van der Waals surface area (Å²) in [4.78, 5) is 28.9. The van der Waals surface area contributed by atoms with Crippen LogP contribution in [-0.2, 0) is 14.8 Å². The van der Waals surface area contributed by atoms with Crippen LogP contribution in [0.15, 0.2) is 47.4 Å². The van der Waals surface area contributed by atoms with E-state index in [1.165, 1.54) is 12.1 Å².